The maximum Gasteiger partial charge on any atom is 0.260 e. The molecule has 0 fully saturated rings. The predicted molar refractivity (Wildman–Crippen MR) is 133 cm³/mol. The molecule has 2 aromatic heterocycles. The molecule has 0 radical (unpaired) electrons. The molecule has 1 amide bonds. The molecule has 34 heavy (non-hydrogen) atoms. The number of fused-ring (bicyclic) bond motifs is 3. The van der Waals surface area contributed by atoms with Crippen LogP contribution in [0.1, 0.15) is 11.1 Å². The van der Waals surface area contributed by atoms with Crippen LogP contribution in [0, 0.1) is 13.8 Å². The number of ether oxygens (including phenoxy) is 1. The summed E-state index contributed by atoms with van der Waals surface area (Å²) in [5.41, 5.74) is 5.51. The van der Waals surface area contributed by atoms with Crippen molar-refractivity contribution in [3.05, 3.63) is 94.3 Å². The van der Waals surface area contributed by atoms with Crippen LogP contribution in [0.2, 0.25) is 0 Å². The summed E-state index contributed by atoms with van der Waals surface area (Å²) in [5, 5.41) is 2.96. The highest BCUT2D eigenvalue weighted by atomic mass is 16.5. The van der Waals surface area contributed by atoms with Gasteiger partial charge < -0.3 is 14.6 Å². The van der Waals surface area contributed by atoms with Gasteiger partial charge in [-0.25, -0.2) is 9.38 Å². The molecule has 7 nitrogen and oxygen atoms in total. The average molecular weight is 453 g/mol. The van der Waals surface area contributed by atoms with Crippen molar-refractivity contribution >= 4 is 28.4 Å². The number of hydrogen-bond acceptors (Lipinski definition) is 4. The first-order chi connectivity index (χ1) is 16.4. The van der Waals surface area contributed by atoms with E-state index in [9.17, 15) is 9.59 Å². The number of methoxy groups -OCH3 is 1. The van der Waals surface area contributed by atoms with Gasteiger partial charge in [-0.3, -0.25) is 9.59 Å². The predicted octanol–water partition coefficient (Wildman–Crippen LogP) is 4.58. The molecule has 3 aromatic carbocycles. The number of aryl methyl sites for hydroxylation is 2. The Balaban J connectivity index is 1.62. The molecular formula is C27H24N4O3. The number of amides is 1. The van der Waals surface area contributed by atoms with Crippen LogP contribution in [-0.2, 0) is 11.3 Å². The Labute approximate surface area is 196 Å². The van der Waals surface area contributed by atoms with Crippen molar-refractivity contribution in [1.29, 1.82) is 0 Å². The highest BCUT2D eigenvalue weighted by molar-refractivity contribution is 5.93. The van der Waals surface area contributed by atoms with Gasteiger partial charge in [0.15, 0.2) is 0 Å². The zero-order valence-electron chi connectivity index (χ0n) is 19.2. The first-order valence-electron chi connectivity index (χ1n) is 11.0. The molecule has 2 heterocycles. The van der Waals surface area contributed by atoms with Crippen LogP contribution in [-0.4, -0.2) is 27.0 Å². The molecule has 5 rings (SSSR count). The number of anilines is 1. The lowest BCUT2D eigenvalue weighted by atomic mass is 10.1. The molecule has 0 saturated heterocycles. The van der Waals surface area contributed by atoms with E-state index in [1.807, 2.05) is 80.6 Å². The number of nitrogens with zero attached hydrogens (tertiary/aromatic N) is 3. The molecule has 5 aromatic rings. The fraction of sp³-hybridized carbons (Fsp3) is 0.148. The number of benzene rings is 3. The van der Waals surface area contributed by atoms with Gasteiger partial charge in [0, 0.05) is 17.3 Å². The Hall–Kier alpha value is -4.39. The summed E-state index contributed by atoms with van der Waals surface area (Å²) >= 11 is 0. The number of carbonyl (C=O) groups is 1. The number of imidazole rings is 1. The summed E-state index contributed by atoms with van der Waals surface area (Å²) in [6.07, 6.45) is 0. The lowest BCUT2D eigenvalue weighted by Crippen LogP contribution is -2.20. The summed E-state index contributed by atoms with van der Waals surface area (Å²) in [7, 11) is 1.59. The summed E-state index contributed by atoms with van der Waals surface area (Å²) in [4.78, 5) is 31.0. The van der Waals surface area contributed by atoms with Crippen LogP contribution < -0.4 is 15.6 Å². The number of rotatable bonds is 5. The molecule has 170 valence electrons. The third kappa shape index (κ3) is 3.81. The summed E-state index contributed by atoms with van der Waals surface area (Å²) < 4.78 is 8.64. The first kappa shape index (κ1) is 21.5. The highest BCUT2D eigenvalue weighted by Crippen LogP contribution is 2.24. The number of para-hydroxylation sites is 2. The highest BCUT2D eigenvalue weighted by Gasteiger charge is 2.17. The van der Waals surface area contributed by atoms with E-state index in [0.717, 1.165) is 27.9 Å². The van der Waals surface area contributed by atoms with Gasteiger partial charge in [-0.1, -0.05) is 30.3 Å². The van der Waals surface area contributed by atoms with Crippen molar-refractivity contribution < 1.29 is 9.53 Å². The third-order valence-electron chi connectivity index (χ3n) is 6.01. The fourth-order valence-electron chi connectivity index (χ4n) is 4.12. The number of nitrogens with one attached hydrogen (secondary N) is 1. The monoisotopic (exact) mass is 452 g/mol. The van der Waals surface area contributed by atoms with Crippen LogP contribution in [0.3, 0.4) is 0 Å². The number of aromatic nitrogens is 3. The zero-order valence-corrected chi connectivity index (χ0v) is 19.2. The zero-order chi connectivity index (χ0) is 23.8. The Morgan fingerprint density at radius 2 is 1.74 bits per heavy atom. The lowest BCUT2D eigenvalue weighted by Gasteiger charge is -2.10. The lowest BCUT2D eigenvalue weighted by molar-refractivity contribution is -0.116. The summed E-state index contributed by atoms with van der Waals surface area (Å²) in [5.74, 6) is 0.877. The minimum Gasteiger partial charge on any atom is -0.497 e. The van der Waals surface area contributed by atoms with Gasteiger partial charge in [-0.15, -0.1) is 0 Å². The minimum atomic E-state index is -0.215. The quantitative estimate of drug-likeness (QED) is 0.423. The van der Waals surface area contributed by atoms with Gasteiger partial charge in [0.25, 0.3) is 5.56 Å². The molecular weight excluding hydrogens is 428 g/mol. The van der Waals surface area contributed by atoms with Crippen molar-refractivity contribution in [2.75, 3.05) is 12.4 Å². The third-order valence-corrected chi connectivity index (χ3v) is 6.01. The van der Waals surface area contributed by atoms with E-state index in [0.29, 0.717) is 22.7 Å². The summed E-state index contributed by atoms with van der Waals surface area (Å²) in [6.45, 7) is 4.05. The second kappa shape index (κ2) is 8.51. The smallest absolute Gasteiger partial charge is 0.260 e. The molecule has 0 atom stereocenters. The average Bonchev–Trinajstić information content (AvgIpc) is 3.15. The molecule has 0 unspecified atom stereocenters. The van der Waals surface area contributed by atoms with Crippen molar-refractivity contribution in [3.63, 3.8) is 0 Å². The molecule has 0 aliphatic carbocycles. The Morgan fingerprint density at radius 3 is 2.50 bits per heavy atom. The topological polar surface area (TPSA) is 77.6 Å². The largest absolute Gasteiger partial charge is 0.497 e. The van der Waals surface area contributed by atoms with Crippen molar-refractivity contribution in [2.45, 2.75) is 20.4 Å². The van der Waals surface area contributed by atoms with Gasteiger partial charge in [0.2, 0.25) is 11.7 Å². The van der Waals surface area contributed by atoms with E-state index < -0.39 is 0 Å². The maximum absolute atomic E-state index is 13.2. The van der Waals surface area contributed by atoms with Crippen LogP contribution in [0.25, 0.3) is 28.1 Å². The molecule has 0 aliphatic heterocycles. The van der Waals surface area contributed by atoms with Crippen LogP contribution in [0.4, 0.5) is 5.69 Å². The van der Waals surface area contributed by atoms with Crippen molar-refractivity contribution in [1.82, 2.24) is 14.0 Å². The Morgan fingerprint density at radius 1 is 0.941 bits per heavy atom. The van der Waals surface area contributed by atoms with E-state index in [1.165, 1.54) is 6.07 Å². The molecule has 0 bridgehead atoms. The van der Waals surface area contributed by atoms with Crippen LogP contribution in [0.5, 0.6) is 5.75 Å². The van der Waals surface area contributed by atoms with Gasteiger partial charge in [0.05, 0.1) is 23.8 Å². The fourth-order valence-corrected chi connectivity index (χ4v) is 4.12. The van der Waals surface area contributed by atoms with E-state index in [-0.39, 0.29) is 18.0 Å². The molecule has 0 spiro atoms. The Kier molecular flexibility index (Phi) is 5.37. The van der Waals surface area contributed by atoms with E-state index >= 15 is 0 Å². The number of hydrogen-bond donors (Lipinski definition) is 1. The van der Waals surface area contributed by atoms with Crippen LogP contribution >= 0.6 is 0 Å². The van der Waals surface area contributed by atoms with Gasteiger partial charge in [0.1, 0.15) is 12.3 Å². The van der Waals surface area contributed by atoms with Gasteiger partial charge in [-0.05, 0) is 61.4 Å². The van der Waals surface area contributed by atoms with Gasteiger partial charge >= 0.3 is 0 Å². The van der Waals surface area contributed by atoms with Gasteiger partial charge in [-0.2, -0.15) is 0 Å². The normalized spacial score (nSPS) is 11.1. The second-order valence-electron chi connectivity index (χ2n) is 8.27. The first-order valence-corrected chi connectivity index (χ1v) is 11.0. The SMILES string of the molecule is COc1cccc(-c2cc(=O)n3c4ccccc4n(CC(=O)Nc4ccc(C)c(C)c4)c3n2)c1. The standard InChI is InChI=1S/C27H24N4O3/c1-17-11-12-20(13-18(17)2)28-25(32)16-30-23-9-4-5-10-24(23)31-26(33)15-22(29-27(30)31)19-7-6-8-21(14-19)34-3/h4-15H,16H2,1-3H3,(H,28,32). The second-order valence-corrected chi connectivity index (χ2v) is 8.27. The molecule has 7 heteroatoms. The maximum atomic E-state index is 13.2. The van der Waals surface area contributed by atoms with Crippen molar-refractivity contribution in [2.24, 2.45) is 0 Å². The van der Waals surface area contributed by atoms with Crippen LogP contribution in [0.15, 0.2) is 77.6 Å². The van der Waals surface area contributed by atoms with E-state index in [4.69, 9.17) is 9.72 Å². The minimum absolute atomic E-state index is 0.0118. The van der Waals surface area contributed by atoms with E-state index in [1.54, 1.807) is 16.1 Å². The van der Waals surface area contributed by atoms with E-state index in [2.05, 4.69) is 5.32 Å². The molecule has 0 saturated carbocycles. The Bertz CT molecular complexity index is 1610. The summed E-state index contributed by atoms with van der Waals surface area (Å²) in [6, 6.07) is 22.2. The molecule has 1 N–H and O–H groups in total. The number of carbonyl (C=O) groups excluding carboxylic acids is 1. The molecule has 0 aliphatic rings. The van der Waals surface area contributed by atoms with Crippen molar-refractivity contribution in [3.8, 4) is 17.0 Å².